The largest absolute Gasteiger partial charge is 0.462 e. The number of anilines is 1. The molecule has 1 aromatic carbocycles. The molecule has 0 amide bonds. The molecule has 2 aromatic heterocycles. The van der Waals surface area contributed by atoms with Crippen molar-refractivity contribution in [2.45, 2.75) is 20.8 Å². The zero-order chi connectivity index (χ0) is 19.0. The van der Waals surface area contributed by atoms with Gasteiger partial charge >= 0.3 is 5.97 Å². The minimum atomic E-state index is -0.350. The van der Waals surface area contributed by atoms with Crippen molar-refractivity contribution < 1.29 is 14.3 Å². The molecule has 0 radical (unpaired) electrons. The van der Waals surface area contributed by atoms with E-state index in [4.69, 9.17) is 14.5 Å². The van der Waals surface area contributed by atoms with Crippen molar-refractivity contribution in [3.8, 4) is 0 Å². The Labute approximate surface area is 158 Å². The highest BCUT2D eigenvalue weighted by Crippen LogP contribution is 2.36. The maximum Gasteiger partial charge on any atom is 0.341 e. The fraction of sp³-hybridized carbons (Fsp3) is 0.381. The minimum Gasteiger partial charge on any atom is -0.462 e. The molecule has 1 aliphatic heterocycles. The van der Waals surface area contributed by atoms with Crippen LogP contribution in [0.2, 0.25) is 0 Å². The summed E-state index contributed by atoms with van der Waals surface area (Å²) < 4.78 is 10.8. The molecule has 0 atom stereocenters. The zero-order valence-electron chi connectivity index (χ0n) is 15.9. The fourth-order valence-electron chi connectivity index (χ4n) is 3.70. The van der Waals surface area contributed by atoms with Crippen LogP contribution in [0.25, 0.3) is 21.8 Å². The van der Waals surface area contributed by atoms with E-state index >= 15 is 0 Å². The molecule has 0 saturated carbocycles. The second-order valence-electron chi connectivity index (χ2n) is 6.78. The Hall–Kier alpha value is -2.73. The first-order chi connectivity index (χ1) is 13.1. The number of aromatic nitrogens is 2. The molecular weight excluding hydrogens is 342 g/mol. The first-order valence-electron chi connectivity index (χ1n) is 9.29. The Morgan fingerprint density at radius 2 is 2.04 bits per heavy atom. The number of nitrogens with zero attached hydrogens (tertiary/aromatic N) is 3. The number of hydrogen-bond donors (Lipinski definition) is 0. The lowest BCUT2D eigenvalue weighted by Crippen LogP contribution is -2.37. The molecule has 27 heavy (non-hydrogen) atoms. The van der Waals surface area contributed by atoms with Crippen LogP contribution >= 0.6 is 0 Å². The Kier molecular flexibility index (Phi) is 4.66. The van der Waals surface area contributed by atoms with Gasteiger partial charge in [-0.1, -0.05) is 11.6 Å². The highest BCUT2D eigenvalue weighted by atomic mass is 16.5. The lowest BCUT2D eigenvalue weighted by molar-refractivity contribution is 0.0526. The van der Waals surface area contributed by atoms with E-state index in [1.54, 1.807) is 6.20 Å². The predicted molar refractivity (Wildman–Crippen MR) is 106 cm³/mol. The molecular formula is C21H23N3O3. The molecule has 3 heterocycles. The van der Waals surface area contributed by atoms with E-state index in [1.165, 1.54) is 0 Å². The van der Waals surface area contributed by atoms with Crippen molar-refractivity contribution in [1.29, 1.82) is 0 Å². The number of ether oxygens (including phenoxy) is 2. The summed E-state index contributed by atoms with van der Waals surface area (Å²) in [4.78, 5) is 24.3. The van der Waals surface area contributed by atoms with Crippen LogP contribution < -0.4 is 4.90 Å². The third-order valence-electron chi connectivity index (χ3n) is 4.93. The highest BCUT2D eigenvalue weighted by molar-refractivity contribution is 6.13. The number of pyridine rings is 2. The van der Waals surface area contributed by atoms with E-state index in [9.17, 15) is 4.79 Å². The first-order valence-corrected chi connectivity index (χ1v) is 9.29. The number of fused-ring (bicyclic) bond motifs is 3. The van der Waals surface area contributed by atoms with E-state index in [1.807, 2.05) is 19.9 Å². The highest BCUT2D eigenvalue weighted by Gasteiger charge is 2.25. The number of esters is 1. The van der Waals surface area contributed by atoms with E-state index in [0.29, 0.717) is 25.4 Å². The van der Waals surface area contributed by atoms with Crippen LogP contribution in [0.15, 0.2) is 24.4 Å². The predicted octanol–water partition coefficient (Wildman–Crippen LogP) is 3.41. The van der Waals surface area contributed by atoms with Crippen molar-refractivity contribution in [1.82, 2.24) is 9.97 Å². The molecule has 3 aromatic rings. The van der Waals surface area contributed by atoms with Crippen LogP contribution in [-0.2, 0) is 9.47 Å². The summed E-state index contributed by atoms with van der Waals surface area (Å²) in [6, 6.07) is 6.17. The van der Waals surface area contributed by atoms with Crippen molar-refractivity contribution >= 4 is 33.5 Å². The minimum absolute atomic E-state index is 0.327. The SMILES string of the molecule is CCOC(=O)c1cnc2c(c(C)nc3ccc(C)cc32)c1N1CCOCC1. The van der Waals surface area contributed by atoms with Crippen molar-refractivity contribution in [2.75, 3.05) is 37.8 Å². The standard InChI is InChI=1S/C21H23N3O3/c1-4-27-21(25)16-12-22-19-15-11-13(2)5-6-17(15)23-14(3)18(19)20(16)24-7-9-26-10-8-24/h5-6,11-12H,4,7-10H2,1-3H3. The van der Waals surface area contributed by atoms with Gasteiger partial charge in [-0.15, -0.1) is 0 Å². The molecule has 6 nitrogen and oxygen atoms in total. The van der Waals surface area contributed by atoms with Gasteiger partial charge < -0.3 is 14.4 Å². The molecule has 0 N–H and O–H groups in total. The monoisotopic (exact) mass is 365 g/mol. The first kappa shape index (κ1) is 17.7. The van der Waals surface area contributed by atoms with Crippen molar-refractivity contribution in [3.05, 3.63) is 41.2 Å². The van der Waals surface area contributed by atoms with Crippen LogP contribution in [0.1, 0.15) is 28.5 Å². The summed E-state index contributed by atoms with van der Waals surface area (Å²) in [6.07, 6.45) is 1.65. The van der Waals surface area contributed by atoms with Gasteiger partial charge in [0.2, 0.25) is 0 Å². The molecule has 6 heteroatoms. The normalized spacial score (nSPS) is 14.7. The van der Waals surface area contributed by atoms with Crippen molar-refractivity contribution in [3.63, 3.8) is 0 Å². The number of rotatable bonds is 3. The molecule has 0 bridgehead atoms. The fourth-order valence-corrected chi connectivity index (χ4v) is 3.70. The summed E-state index contributed by atoms with van der Waals surface area (Å²) in [6.45, 7) is 8.87. The average molecular weight is 365 g/mol. The van der Waals surface area contributed by atoms with Crippen LogP contribution in [0.3, 0.4) is 0 Å². The van der Waals surface area contributed by atoms with E-state index in [-0.39, 0.29) is 5.97 Å². The summed E-state index contributed by atoms with van der Waals surface area (Å²) in [5, 5.41) is 1.92. The summed E-state index contributed by atoms with van der Waals surface area (Å²) >= 11 is 0. The van der Waals surface area contributed by atoms with Gasteiger partial charge in [-0.25, -0.2) is 4.79 Å². The van der Waals surface area contributed by atoms with E-state index in [2.05, 4.69) is 28.9 Å². The molecule has 1 saturated heterocycles. The number of morpholine rings is 1. The number of hydrogen-bond acceptors (Lipinski definition) is 6. The molecule has 4 rings (SSSR count). The Bertz CT molecular complexity index is 1030. The maximum atomic E-state index is 12.6. The molecule has 0 aliphatic carbocycles. The van der Waals surface area contributed by atoms with Crippen LogP contribution in [0.5, 0.6) is 0 Å². The Morgan fingerprint density at radius 3 is 2.78 bits per heavy atom. The van der Waals surface area contributed by atoms with Crippen LogP contribution in [0.4, 0.5) is 5.69 Å². The Morgan fingerprint density at radius 1 is 1.26 bits per heavy atom. The number of carbonyl (C=O) groups excluding carboxylic acids is 1. The van der Waals surface area contributed by atoms with Crippen molar-refractivity contribution in [2.24, 2.45) is 0 Å². The number of benzene rings is 1. The van der Waals surface area contributed by atoms with Gasteiger partial charge in [0.05, 0.1) is 36.5 Å². The van der Waals surface area contributed by atoms with Crippen LogP contribution in [0, 0.1) is 13.8 Å². The van der Waals surface area contributed by atoms with Gasteiger partial charge in [-0.3, -0.25) is 9.97 Å². The molecule has 1 fully saturated rings. The third-order valence-corrected chi connectivity index (χ3v) is 4.93. The third kappa shape index (κ3) is 3.10. The quantitative estimate of drug-likeness (QED) is 0.523. The van der Waals surface area contributed by atoms with Gasteiger partial charge in [0.25, 0.3) is 0 Å². The van der Waals surface area contributed by atoms with Gasteiger partial charge in [0.1, 0.15) is 5.56 Å². The summed E-state index contributed by atoms with van der Waals surface area (Å²) in [7, 11) is 0. The molecule has 0 unspecified atom stereocenters. The second-order valence-corrected chi connectivity index (χ2v) is 6.78. The number of carbonyl (C=O) groups is 1. The van der Waals surface area contributed by atoms with E-state index in [0.717, 1.165) is 51.8 Å². The maximum absolute atomic E-state index is 12.6. The van der Waals surface area contributed by atoms with E-state index < -0.39 is 0 Å². The Balaban J connectivity index is 2.06. The van der Waals surface area contributed by atoms with Gasteiger partial charge in [-0.2, -0.15) is 0 Å². The lowest BCUT2D eigenvalue weighted by atomic mass is 10.0. The van der Waals surface area contributed by atoms with Crippen LogP contribution in [-0.4, -0.2) is 48.8 Å². The molecule has 0 spiro atoms. The molecule has 1 aliphatic rings. The lowest BCUT2D eigenvalue weighted by Gasteiger charge is -2.31. The molecule has 140 valence electrons. The zero-order valence-corrected chi connectivity index (χ0v) is 15.9. The average Bonchev–Trinajstić information content (AvgIpc) is 2.68. The summed E-state index contributed by atoms with van der Waals surface area (Å²) in [5.74, 6) is -0.350. The van der Waals surface area contributed by atoms with Gasteiger partial charge in [0.15, 0.2) is 0 Å². The summed E-state index contributed by atoms with van der Waals surface area (Å²) in [5.41, 5.74) is 5.14. The van der Waals surface area contributed by atoms with Gasteiger partial charge in [-0.05, 0) is 32.9 Å². The smallest absolute Gasteiger partial charge is 0.341 e. The van der Waals surface area contributed by atoms with Gasteiger partial charge in [0, 0.05) is 35.8 Å². The number of aryl methyl sites for hydroxylation is 2. The topological polar surface area (TPSA) is 64.5 Å². The second kappa shape index (κ2) is 7.12.